The fraction of sp³-hybridized carbons (Fsp3) is 0.600. The summed E-state index contributed by atoms with van der Waals surface area (Å²) in [5, 5.41) is 2.64. The molecule has 9 heteroatoms. The fourth-order valence-electron chi connectivity index (χ4n) is 1.44. The zero-order valence-corrected chi connectivity index (χ0v) is 11.5. The van der Waals surface area contributed by atoms with Crippen LogP contribution in [0.4, 0.5) is 0 Å². The Bertz CT molecular complexity index is 412. The number of hydrogen-bond donors (Lipinski definition) is 2. The number of hydrazine groups is 1. The molecule has 0 aromatic heterocycles. The van der Waals surface area contributed by atoms with Crippen LogP contribution in [0.1, 0.15) is 6.42 Å². The quantitative estimate of drug-likeness (QED) is 0.260. The van der Waals surface area contributed by atoms with Crippen molar-refractivity contribution in [1.29, 1.82) is 0 Å². The van der Waals surface area contributed by atoms with Gasteiger partial charge in [-0.1, -0.05) is 0 Å². The van der Waals surface area contributed by atoms with Crippen LogP contribution in [0.2, 0.25) is 0 Å². The molecule has 1 heterocycles. The van der Waals surface area contributed by atoms with Crippen LogP contribution in [0, 0.1) is 0 Å². The summed E-state index contributed by atoms with van der Waals surface area (Å²) in [7, 11) is 2.83. The molecular weight excluding hydrogens is 272 g/mol. The standard InChI is InChI=1S/C10H16N4O4S/c1-12-7(15)5-19-6-3-8(16)14(10(6)18)4-9(17)13(2)11/h6H,3-5,11H2,1-2H3,(H,12,15). The molecule has 0 aliphatic carbocycles. The third-order valence-electron chi connectivity index (χ3n) is 2.58. The normalized spacial score (nSPS) is 18.7. The third kappa shape index (κ3) is 3.93. The van der Waals surface area contributed by atoms with Gasteiger partial charge in [-0.3, -0.25) is 29.1 Å². The van der Waals surface area contributed by atoms with E-state index in [9.17, 15) is 19.2 Å². The smallest absolute Gasteiger partial charge is 0.256 e. The molecule has 1 aliphatic rings. The Labute approximate surface area is 114 Å². The molecule has 0 saturated carbocycles. The van der Waals surface area contributed by atoms with Crippen molar-refractivity contribution in [3.05, 3.63) is 0 Å². The van der Waals surface area contributed by atoms with E-state index in [1.165, 1.54) is 14.1 Å². The van der Waals surface area contributed by atoms with E-state index >= 15 is 0 Å². The summed E-state index contributed by atoms with van der Waals surface area (Å²) < 4.78 is 0. The number of imide groups is 1. The first-order chi connectivity index (χ1) is 8.86. The first-order valence-electron chi connectivity index (χ1n) is 5.54. The summed E-state index contributed by atoms with van der Waals surface area (Å²) in [5.41, 5.74) is 0. The number of carbonyl (C=O) groups is 4. The molecule has 1 atom stereocenters. The second kappa shape index (κ2) is 6.53. The summed E-state index contributed by atoms with van der Waals surface area (Å²) in [5.74, 6) is 3.71. The predicted octanol–water partition coefficient (Wildman–Crippen LogP) is -2.07. The van der Waals surface area contributed by atoms with Gasteiger partial charge < -0.3 is 5.32 Å². The topological polar surface area (TPSA) is 113 Å². The van der Waals surface area contributed by atoms with Gasteiger partial charge in [0.15, 0.2) is 0 Å². The van der Waals surface area contributed by atoms with Crippen molar-refractivity contribution in [3.63, 3.8) is 0 Å². The molecular formula is C10H16N4O4S. The lowest BCUT2D eigenvalue weighted by atomic mass is 10.4. The Morgan fingerprint density at radius 3 is 2.68 bits per heavy atom. The maximum Gasteiger partial charge on any atom is 0.256 e. The molecule has 0 aromatic carbocycles. The van der Waals surface area contributed by atoms with Gasteiger partial charge in [0.2, 0.25) is 17.7 Å². The number of likely N-dealkylation sites (N-methyl/N-ethyl adjacent to an activating group) is 1. The van der Waals surface area contributed by atoms with Crippen LogP contribution in [0.25, 0.3) is 0 Å². The highest BCUT2D eigenvalue weighted by atomic mass is 32.2. The predicted molar refractivity (Wildman–Crippen MR) is 68.6 cm³/mol. The van der Waals surface area contributed by atoms with E-state index in [1.807, 2.05) is 0 Å². The molecule has 8 nitrogen and oxygen atoms in total. The lowest BCUT2D eigenvalue weighted by Gasteiger charge is -2.16. The Balaban J connectivity index is 2.58. The summed E-state index contributed by atoms with van der Waals surface area (Å²) in [6.45, 7) is -0.359. The number of carbonyl (C=O) groups excluding carboxylic acids is 4. The van der Waals surface area contributed by atoms with Gasteiger partial charge in [0.1, 0.15) is 6.54 Å². The van der Waals surface area contributed by atoms with Crippen molar-refractivity contribution < 1.29 is 19.2 Å². The number of rotatable bonds is 5. The molecule has 1 fully saturated rings. The minimum atomic E-state index is -0.610. The van der Waals surface area contributed by atoms with Crippen molar-refractivity contribution >= 4 is 35.4 Å². The maximum atomic E-state index is 11.9. The first kappa shape index (κ1) is 15.4. The fourth-order valence-corrected chi connectivity index (χ4v) is 2.47. The third-order valence-corrected chi connectivity index (χ3v) is 3.78. The lowest BCUT2D eigenvalue weighted by molar-refractivity contribution is -0.145. The lowest BCUT2D eigenvalue weighted by Crippen LogP contribution is -2.44. The molecule has 0 bridgehead atoms. The Morgan fingerprint density at radius 2 is 2.16 bits per heavy atom. The van der Waals surface area contributed by atoms with Crippen LogP contribution < -0.4 is 11.2 Å². The first-order valence-corrected chi connectivity index (χ1v) is 6.59. The highest BCUT2D eigenvalue weighted by Gasteiger charge is 2.40. The van der Waals surface area contributed by atoms with Crippen molar-refractivity contribution in [2.45, 2.75) is 11.7 Å². The molecule has 1 rings (SSSR count). The Kier molecular flexibility index (Phi) is 5.31. The summed E-state index contributed by atoms with van der Waals surface area (Å²) >= 11 is 1.09. The number of nitrogens with one attached hydrogen (secondary N) is 1. The van der Waals surface area contributed by atoms with E-state index in [0.29, 0.717) is 0 Å². The van der Waals surface area contributed by atoms with E-state index in [4.69, 9.17) is 5.84 Å². The van der Waals surface area contributed by atoms with Gasteiger partial charge in [-0.15, -0.1) is 11.8 Å². The molecule has 0 radical (unpaired) electrons. The average molecular weight is 288 g/mol. The summed E-state index contributed by atoms with van der Waals surface area (Å²) in [6, 6.07) is 0. The van der Waals surface area contributed by atoms with Gasteiger partial charge >= 0.3 is 0 Å². The number of thioether (sulfide) groups is 1. The molecule has 3 N–H and O–H groups in total. The van der Waals surface area contributed by atoms with Crippen LogP contribution in [-0.4, -0.2) is 65.2 Å². The van der Waals surface area contributed by atoms with Gasteiger partial charge in [0.25, 0.3) is 5.91 Å². The molecule has 19 heavy (non-hydrogen) atoms. The summed E-state index contributed by atoms with van der Waals surface area (Å²) in [4.78, 5) is 46.9. The number of amides is 4. The van der Waals surface area contributed by atoms with Crippen LogP contribution in [-0.2, 0) is 19.2 Å². The second-order valence-electron chi connectivity index (χ2n) is 4.00. The monoisotopic (exact) mass is 288 g/mol. The van der Waals surface area contributed by atoms with Gasteiger partial charge in [0.05, 0.1) is 11.0 Å². The number of hydrogen-bond acceptors (Lipinski definition) is 6. The van der Waals surface area contributed by atoms with E-state index in [2.05, 4.69) is 5.32 Å². The van der Waals surface area contributed by atoms with E-state index in [1.54, 1.807) is 0 Å². The van der Waals surface area contributed by atoms with Crippen LogP contribution in [0.5, 0.6) is 0 Å². The van der Waals surface area contributed by atoms with Crippen LogP contribution in [0.3, 0.4) is 0 Å². The highest BCUT2D eigenvalue weighted by Crippen LogP contribution is 2.24. The molecule has 1 saturated heterocycles. The van der Waals surface area contributed by atoms with Gasteiger partial charge in [0, 0.05) is 20.5 Å². The molecule has 1 unspecified atom stereocenters. The van der Waals surface area contributed by atoms with Crippen molar-refractivity contribution in [1.82, 2.24) is 15.2 Å². The van der Waals surface area contributed by atoms with Crippen LogP contribution in [0.15, 0.2) is 0 Å². The molecule has 1 aliphatic heterocycles. The molecule has 4 amide bonds. The zero-order chi connectivity index (χ0) is 14.6. The number of nitrogens with zero attached hydrogens (tertiary/aromatic N) is 2. The van der Waals surface area contributed by atoms with E-state index in [-0.39, 0.29) is 24.6 Å². The second-order valence-corrected chi connectivity index (χ2v) is 5.19. The average Bonchev–Trinajstić information content (AvgIpc) is 2.63. The number of likely N-dealkylation sites (tertiary alicyclic amines) is 1. The van der Waals surface area contributed by atoms with Crippen molar-refractivity contribution in [3.8, 4) is 0 Å². The Morgan fingerprint density at radius 1 is 1.53 bits per heavy atom. The number of nitrogens with two attached hydrogens (primary N) is 1. The molecule has 0 aromatic rings. The largest absolute Gasteiger partial charge is 0.358 e. The van der Waals surface area contributed by atoms with Gasteiger partial charge in [-0.2, -0.15) is 0 Å². The highest BCUT2D eigenvalue weighted by molar-refractivity contribution is 8.01. The molecule has 0 spiro atoms. The summed E-state index contributed by atoms with van der Waals surface area (Å²) in [6.07, 6.45) is 0.00204. The minimum Gasteiger partial charge on any atom is -0.358 e. The minimum absolute atomic E-state index is 0.00204. The SMILES string of the molecule is CNC(=O)CSC1CC(=O)N(CC(=O)N(C)N)C1=O. The van der Waals surface area contributed by atoms with Crippen molar-refractivity contribution in [2.75, 3.05) is 26.4 Å². The van der Waals surface area contributed by atoms with E-state index < -0.39 is 23.0 Å². The van der Waals surface area contributed by atoms with Crippen molar-refractivity contribution in [2.24, 2.45) is 5.84 Å². The maximum absolute atomic E-state index is 11.9. The Hall–Kier alpha value is -1.61. The van der Waals surface area contributed by atoms with E-state index in [0.717, 1.165) is 21.7 Å². The molecule has 106 valence electrons. The zero-order valence-electron chi connectivity index (χ0n) is 10.7. The van der Waals surface area contributed by atoms with Gasteiger partial charge in [-0.05, 0) is 0 Å². The van der Waals surface area contributed by atoms with Crippen LogP contribution >= 0.6 is 11.8 Å². The van der Waals surface area contributed by atoms with Gasteiger partial charge in [-0.25, -0.2) is 5.84 Å².